The number of fused-ring (bicyclic) bond motifs is 1. The van der Waals surface area contributed by atoms with Crippen LogP contribution in [0.3, 0.4) is 0 Å². The van der Waals surface area contributed by atoms with Gasteiger partial charge in [0.15, 0.2) is 0 Å². The number of nitro benzene ring substituents is 1. The topological polar surface area (TPSA) is 113 Å². The second-order valence-corrected chi connectivity index (χ2v) is 4.49. The Morgan fingerprint density at radius 2 is 1.86 bits per heavy atom. The van der Waals surface area contributed by atoms with Crippen LogP contribution in [0.2, 0.25) is 5.02 Å². The number of benzene rings is 1. The van der Waals surface area contributed by atoms with Crippen molar-refractivity contribution >= 4 is 28.2 Å². The van der Waals surface area contributed by atoms with Gasteiger partial charge in [-0.3, -0.25) is 19.7 Å². The van der Waals surface area contributed by atoms with Crippen LogP contribution in [-0.2, 0) is 6.18 Å². The molecule has 1 heterocycles. The number of halogens is 4. The van der Waals surface area contributed by atoms with Gasteiger partial charge in [0, 0.05) is 6.07 Å². The lowest BCUT2D eigenvalue weighted by Gasteiger charge is -2.10. The third kappa shape index (κ3) is 2.48. The lowest BCUT2D eigenvalue weighted by molar-refractivity contribution is -0.387. The van der Waals surface area contributed by atoms with Crippen LogP contribution in [0.4, 0.5) is 18.9 Å². The molecule has 0 saturated heterocycles. The van der Waals surface area contributed by atoms with Gasteiger partial charge in [-0.05, 0) is 6.07 Å². The highest BCUT2D eigenvalue weighted by molar-refractivity contribution is 6.38. The molecule has 0 aliphatic carbocycles. The number of hydrogen-bond acceptors (Lipinski definition) is 5. The van der Waals surface area contributed by atoms with Crippen LogP contribution in [0.5, 0.6) is 5.75 Å². The first-order valence-corrected chi connectivity index (χ1v) is 5.76. The van der Waals surface area contributed by atoms with Crippen LogP contribution in [-0.4, -0.2) is 15.0 Å². The Morgan fingerprint density at radius 3 is 2.36 bits per heavy atom. The van der Waals surface area contributed by atoms with E-state index in [0.29, 0.717) is 6.07 Å². The zero-order chi connectivity index (χ0) is 16.8. The maximum absolute atomic E-state index is 12.9. The number of nitro groups is 1. The standard InChI is InChI=1S/C11H4ClF3N2O5/c12-8-7-4(16-10(20)6(19)2-5(7)18)1-3(11(13,14)15)9(8)17(21)22/h1-2,18H,(H,16,19,20). The maximum atomic E-state index is 12.9. The summed E-state index contributed by atoms with van der Waals surface area (Å²) in [6, 6.07) is 0.643. The fourth-order valence-corrected chi connectivity index (χ4v) is 2.20. The lowest BCUT2D eigenvalue weighted by atomic mass is 10.1. The summed E-state index contributed by atoms with van der Waals surface area (Å²) in [6.45, 7) is 0. The van der Waals surface area contributed by atoms with Crippen molar-refractivity contribution in [3.05, 3.63) is 53.4 Å². The molecule has 0 bridgehead atoms. The fraction of sp³-hybridized carbons (Fsp3) is 0.0909. The molecule has 0 amide bonds. The first kappa shape index (κ1) is 15.8. The SMILES string of the molecule is O=c1cc(O)c2c(Cl)c([N+](=O)[O-])c(C(F)(F)F)cc2[nH]c1=O. The van der Waals surface area contributed by atoms with Crippen LogP contribution in [0.1, 0.15) is 5.56 Å². The van der Waals surface area contributed by atoms with E-state index in [1.165, 1.54) is 0 Å². The summed E-state index contributed by atoms with van der Waals surface area (Å²) in [4.78, 5) is 33.9. The van der Waals surface area contributed by atoms with Crippen molar-refractivity contribution in [1.82, 2.24) is 4.98 Å². The van der Waals surface area contributed by atoms with Gasteiger partial charge in [-0.25, -0.2) is 0 Å². The molecule has 1 aromatic carbocycles. The minimum atomic E-state index is -5.14. The van der Waals surface area contributed by atoms with Crippen molar-refractivity contribution in [2.45, 2.75) is 6.18 Å². The Bertz CT molecular complexity index is 923. The van der Waals surface area contributed by atoms with E-state index in [0.717, 1.165) is 0 Å². The van der Waals surface area contributed by atoms with E-state index in [4.69, 9.17) is 11.6 Å². The first-order valence-electron chi connectivity index (χ1n) is 5.38. The van der Waals surface area contributed by atoms with Crippen molar-refractivity contribution in [2.24, 2.45) is 0 Å². The van der Waals surface area contributed by atoms with Gasteiger partial charge in [-0.1, -0.05) is 11.6 Å². The highest BCUT2D eigenvalue weighted by Crippen LogP contribution is 2.44. The van der Waals surface area contributed by atoms with Crippen LogP contribution in [0.25, 0.3) is 10.9 Å². The fourth-order valence-electron chi connectivity index (χ4n) is 1.83. The van der Waals surface area contributed by atoms with Gasteiger partial charge in [-0.15, -0.1) is 0 Å². The number of aromatic hydroxyl groups is 1. The number of alkyl halides is 3. The zero-order valence-corrected chi connectivity index (χ0v) is 10.9. The first-order chi connectivity index (χ1) is 10.0. The monoisotopic (exact) mass is 336 g/mol. The normalized spacial score (nSPS) is 11.6. The maximum Gasteiger partial charge on any atom is 0.423 e. The second-order valence-electron chi connectivity index (χ2n) is 4.11. The summed E-state index contributed by atoms with van der Waals surface area (Å²) in [6.07, 6.45) is -5.14. The molecule has 0 aliphatic heterocycles. The van der Waals surface area contributed by atoms with E-state index < -0.39 is 55.0 Å². The number of aromatic amines is 1. The van der Waals surface area contributed by atoms with E-state index in [1.54, 1.807) is 0 Å². The van der Waals surface area contributed by atoms with Crippen LogP contribution in [0.15, 0.2) is 21.7 Å². The highest BCUT2D eigenvalue weighted by atomic mass is 35.5. The Labute approximate surface area is 122 Å². The van der Waals surface area contributed by atoms with Crippen LogP contribution >= 0.6 is 11.6 Å². The summed E-state index contributed by atoms with van der Waals surface area (Å²) in [5.74, 6) is -0.958. The van der Waals surface area contributed by atoms with Crippen molar-refractivity contribution in [2.75, 3.05) is 0 Å². The third-order valence-electron chi connectivity index (χ3n) is 2.72. The molecular weight excluding hydrogens is 333 g/mol. The molecule has 0 atom stereocenters. The van der Waals surface area contributed by atoms with E-state index in [2.05, 4.69) is 0 Å². The average Bonchev–Trinajstić information content (AvgIpc) is 2.45. The summed E-state index contributed by atoms with van der Waals surface area (Å²) in [5.41, 5.74) is -6.43. The highest BCUT2D eigenvalue weighted by Gasteiger charge is 2.41. The number of nitrogens with zero attached hydrogens (tertiary/aromatic N) is 1. The molecular formula is C11H4ClF3N2O5. The second kappa shape index (κ2) is 4.98. The largest absolute Gasteiger partial charge is 0.507 e. The van der Waals surface area contributed by atoms with Gasteiger partial charge < -0.3 is 10.1 Å². The van der Waals surface area contributed by atoms with Crippen LogP contribution < -0.4 is 11.0 Å². The molecule has 0 aliphatic rings. The quantitative estimate of drug-likeness (QED) is 0.470. The van der Waals surface area contributed by atoms with Gasteiger partial charge in [-0.2, -0.15) is 13.2 Å². The third-order valence-corrected chi connectivity index (χ3v) is 3.09. The van der Waals surface area contributed by atoms with Gasteiger partial charge in [0.1, 0.15) is 16.3 Å². The van der Waals surface area contributed by atoms with E-state index in [1.807, 2.05) is 4.98 Å². The van der Waals surface area contributed by atoms with Gasteiger partial charge in [0.25, 0.3) is 5.56 Å². The van der Waals surface area contributed by atoms with Crippen LogP contribution in [0, 0.1) is 10.1 Å². The molecule has 1 aromatic heterocycles. The summed E-state index contributed by atoms with van der Waals surface area (Å²) >= 11 is 5.59. The molecule has 0 saturated carbocycles. The van der Waals surface area contributed by atoms with Crippen molar-refractivity contribution in [3.63, 3.8) is 0 Å². The lowest BCUT2D eigenvalue weighted by Crippen LogP contribution is -2.22. The molecule has 2 N–H and O–H groups in total. The molecule has 11 heteroatoms. The molecule has 0 spiro atoms. The summed E-state index contributed by atoms with van der Waals surface area (Å²) in [7, 11) is 0. The summed E-state index contributed by atoms with van der Waals surface area (Å²) < 4.78 is 38.7. The van der Waals surface area contributed by atoms with E-state index >= 15 is 0 Å². The van der Waals surface area contributed by atoms with Crippen molar-refractivity contribution in [3.8, 4) is 5.75 Å². The number of nitrogens with one attached hydrogen (secondary N) is 1. The minimum Gasteiger partial charge on any atom is -0.507 e. The predicted molar refractivity (Wildman–Crippen MR) is 69.2 cm³/mol. The molecule has 0 unspecified atom stereocenters. The predicted octanol–water partition coefficient (Wildman–Crippen LogP) is 2.17. The number of rotatable bonds is 1. The Hall–Kier alpha value is -2.62. The molecule has 0 fully saturated rings. The minimum absolute atomic E-state index is 0.236. The van der Waals surface area contributed by atoms with Crippen molar-refractivity contribution in [1.29, 1.82) is 0 Å². The molecule has 116 valence electrons. The molecule has 2 aromatic rings. The zero-order valence-electron chi connectivity index (χ0n) is 10.2. The Balaban J connectivity index is 3.19. The van der Waals surface area contributed by atoms with E-state index in [9.17, 15) is 38.0 Å². The smallest absolute Gasteiger partial charge is 0.423 e. The van der Waals surface area contributed by atoms with Crippen molar-refractivity contribution < 1.29 is 23.2 Å². The van der Waals surface area contributed by atoms with E-state index in [-0.39, 0.29) is 6.07 Å². The number of hydrogen-bond donors (Lipinski definition) is 2. The number of H-pyrrole nitrogens is 1. The molecule has 0 radical (unpaired) electrons. The van der Waals surface area contributed by atoms with Gasteiger partial charge >= 0.3 is 11.9 Å². The molecule has 22 heavy (non-hydrogen) atoms. The Kier molecular flexibility index (Phi) is 3.57. The number of aromatic nitrogens is 1. The molecule has 2 rings (SSSR count). The van der Waals surface area contributed by atoms with Gasteiger partial charge in [0.05, 0.1) is 15.8 Å². The average molecular weight is 337 g/mol. The Morgan fingerprint density at radius 1 is 1.27 bits per heavy atom. The summed E-state index contributed by atoms with van der Waals surface area (Å²) in [5, 5.41) is 18.9. The van der Waals surface area contributed by atoms with Gasteiger partial charge in [0.2, 0.25) is 5.43 Å². The molecule has 7 nitrogen and oxygen atoms in total.